The van der Waals surface area contributed by atoms with Gasteiger partial charge in [-0.2, -0.15) is 0 Å². The molecule has 0 heterocycles. The molecule has 1 aliphatic carbocycles. The Kier molecular flexibility index (Phi) is 4.21. The quantitative estimate of drug-likeness (QED) is 0.821. The van der Waals surface area contributed by atoms with Gasteiger partial charge in [-0.15, -0.1) is 0 Å². The van der Waals surface area contributed by atoms with Gasteiger partial charge >= 0.3 is 0 Å². The predicted octanol–water partition coefficient (Wildman–Crippen LogP) is 1.17. The van der Waals surface area contributed by atoms with E-state index in [0.717, 1.165) is 12.8 Å². The summed E-state index contributed by atoms with van der Waals surface area (Å²) in [5.41, 5.74) is 0.609. The number of anilines is 1. The molecule has 1 saturated carbocycles. The van der Waals surface area contributed by atoms with E-state index in [-0.39, 0.29) is 16.6 Å². The fraction of sp³-hybridized carbons (Fsp3) is 0.462. The van der Waals surface area contributed by atoms with Crippen molar-refractivity contribution in [3.8, 4) is 0 Å². The summed E-state index contributed by atoms with van der Waals surface area (Å²) in [5.74, 6) is -0.0395. The smallest absolute Gasteiger partial charge is 0.238 e. The molecule has 19 heavy (non-hydrogen) atoms. The van der Waals surface area contributed by atoms with E-state index in [0.29, 0.717) is 18.3 Å². The average molecular weight is 282 g/mol. The highest BCUT2D eigenvalue weighted by molar-refractivity contribution is 7.91. The molecule has 1 fully saturated rings. The molecular formula is C13H18N2O3S. The van der Waals surface area contributed by atoms with Crippen molar-refractivity contribution in [2.24, 2.45) is 0 Å². The second-order valence-electron chi connectivity index (χ2n) is 4.63. The lowest BCUT2D eigenvalue weighted by Crippen LogP contribution is -2.29. The van der Waals surface area contributed by atoms with Gasteiger partial charge in [0.25, 0.3) is 0 Å². The Bertz CT molecular complexity index is 548. The van der Waals surface area contributed by atoms with Crippen molar-refractivity contribution in [3.63, 3.8) is 0 Å². The third-order valence-corrected chi connectivity index (χ3v) is 4.76. The van der Waals surface area contributed by atoms with Crippen LogP contribution in [-0.2, 0) is 14.6 Å². The molecule has 0 spiro atoms. The van der Waals surface area contributed by atoms with Gasteiger partial charge in [0.2, 0.25) is 5.91 Å². The monoisotopic (exact) mass is 282 g/mol. The van der Waals surface area contributed by atoms with Gasteiger partial charge in [0.05, 0.1) is 17.2 Å². The van der Waals surface area contributed by atoms with Crippen LogP contribution in [0.2, 0.25) is 0 Å². The fourth-order valence-electron chi connectivity index (χ4n) is 1.64. The SMILES string of the molecule is CCS(=O)(=O)c1ccc(NC(=O)CNC2CC2)cc1. The molecule has 2 N–H and O–H groups in total. The van der Waals surface area contributed by atoms with Crippen LogP contribution in [0, 0.1) is 0 Å². The van der Waals surface area contributed by atoms with Crippen molar-refractivity contribution < 1.29 is 13.2 Å². The molecule has 1 aromatic carbocycles. The molecule has 2 rings (SSSR count). The first-order valence-electron chi connectivity index (χ1n) is 6.37. The molecule has 0 bridgehead atoms. The molecule has 1 aliphatic rings. The van der Waals surface area contributed by atoms with Gasteiger partial charge in [-0.1, -0.05) is 6.92 Å². The summed E-state index contributed by atoms with van der Waals surface area (Å²) in [6.45, 7) is 1.90. The molecule has 0 radical (unpaired) electrons. The summed E-state index contributed by atoms with van der Waals surface area (Å²) in [7, 11) is -3.18. The number of nitrogens with one attached hydrogen (secondary N) is 2. The van der Waals surface area contributed by atoms with Crippen LogP contribution in [0.3, 0.4) is 0 Å². The van der Waals surface area contributed by atoms with E-state index < -0.39 is 9.84 Å². The molecule has 1 amide bonds. The third kappa shape index (κ3) is 4.04. The summed E-state index contributed by atoms with van der Waals surface area (Å²) in [4.78, 5) is 11.9. The maximum absolute atomic E-state index is 11.6. The van der Waals surface area contributed by atoms with Crippen LogP contribution in [0.25, 0.3) is 0 Å². The van der Waals surface area contributed by atoms with Crippen LogP contribution in [-0.4, -0.2) is 32.7 Å². The van der Waals surface area contributed by atoms with Crippen LogP contribution in [0.5, 0.6) is 0 Å². The molecule has 0 aromatic heterocycles. The normalized spacial score (nSPS) is 15.2. The maximum Gasteiger partial charge on any atom is 0.238 e. The zero-order chi connectivity index (χ0) is 13.9. The Morgan fingerprint density at radius 1 is 1.26 bits per heavy atom. The fourth-order valence-corrected chi connectivity index (χ4v) is 2.53. The zero-order valence-electron chi connectivity index (χ0n) is 10.8. The summed E-state index contributed by atoms with van der Waals surface area (Å²) in [5, 5.41) is 5.84. The summed E-state index contributed by atoms with van der Waals surface area (Å²) >= 11 is 0. The number of amides is 1. The van der Waals surface area contributed by atoms with Gasteiger partial charge in [0.15, 0.2) is 9.84 Å². The standard InChI is InChI=1S/C13H18N2O3S/c1-2-19(17,18)12-7-5-11(6-8-12)15-13(16)9-14-10-3-4-10/h5-8,10,14H,2-4,9H2,1H3,(H,15,16). The number of carbonyl (C=O) groups is 1. The first-order chi connectivity index (χ1) is 9.01. The first kappa shape index (κ1) is 14.0. The maximum atomic E-state index is 11.6. The Balaban J connectivity index is 1.92. The third-order valence-electron chi connectivity index (χ3n) is 3.01. The van der Waals surface area contributed by atoms with E-state index >= 15 is 0 Å². The van der Waals surface area contributed by atoms with Gasteiger partial charge in [0, 0.05) is 11.7 Å². The minimum Gasteiger partial charge on any atom is -0.325 e. The zero-order valence-corrected chi connectivity index (χ0v) is 11.7. The van der Waals surface area contributed by atoms with Crippen molar-refractivity contribution >= 4 is 21.4 Å². The second kappa shape index (κ2) is 5.71. The van der Waals surface area contributed by atoms with E-state index in [1.54, 1.807) is 19.1 Å². The molecule has 6 heteroatoms. The Hall–Kier alpha value is -1.40. The number of benzene rings is 1. The van der Waals surface area contributed by atoms with Crippen molar-refractivity contribution in [2.75, 3.05) is 17.6 Å². The van der Waals surface area contributed by atoms with E-state index in [9.17, 15) is 13.2 Å². The number of hydrogen-bond acceptors (Lipinski definition) is 4. The Morgan fingerprint density at radius 2 is 1.89 bits per heavy atom. The Labute approximate surface area is 113 Å². The number of carbonyl (C=O) groups excluding carboxylic acids is 1. The molecule has 104 valence electrons. The molecule has 0 aliphatic heterocycles. The highest BCUT2D eigenvalue weighted by Crippen LogP contribution is 2.18. The molecule has 0 unspecified atom stereocenters. The van der Waals surface area contributed by atoms with Crippen molar-refractivity contribution in [1.82, 2.24) is 5.32 Å². The lowest BCUT2D eigenvalue weighted by Gasteiger charge is -2.07. The minimum atomic E-state index is -3.18. The molecule has 5 nitrogen and oxygen atoms in total. The molecule has 0 saturated heterocycles. The molecule has 0 atom stereocenters. The average Bonchev–Trinajstić information content (AvgIpc) is 3.21. The molecular weight excluding hydrogens is 264 g/mol. The summed E-state index contributed by atoms with van der Waals surface area (Å²) in [6, 6.07) is 6.74. The number of hydrogen-bond donors (Lipinski definition) is 2. The van der Waals surface area contributed by atoms with Gasteiger partial charge in [0.1, 0.15) is 0 Å². The second-order valence-corrected chi connectivity index (χ2v) is 6.91. The van der Waals surface area contributed by atoms with Gasteiger partial charge in [-0.05, 0) is 37.1 Å². The Morgan fingerprint density at radius 3 is 2.42 bits per heavy atom. The van der Waals surface area contributed by atoms with Gasteiger partial charge < -0.3 is 10.6 Å². The van der Waals surface area contributed by atoms with Crippen LogP contribution in [0.4, 0.5) is 5.69 Å². The van der Waals surface area contributed by atoms with Crippen LogP contribution in [0.15, 0.2) is 29.2 Å². The van der Waals surface area contributed by atoms with Crippen molar-refractivity contribution in [2.45, 2.75) is 30.7 Å². The number of rotatable bonds is 6. The van der Waals surface area contributed by atoms with Crippen molar-refractivity contribution in [3.05, 3.63) is 24.3 Å². The lowest BCUT2D eigenvalue weighted by molar-refractivity contribution is -0.115. The largest absolute Gasteiger partial charge is 0.325 e. The number of sulfone groups is 1. The minimum absolute atomic E-state index is 0.0734. The summed E-state index contributed by atoms with van der Waals surface area (Å²) in [6.07, 6.45) is 2.27. The first-order valence-corrected chi connectivity index (χ1v) is 8.02. The highest BCUT2D eigenvalue weighted by Gasteiger charge is 2.21. The predicted molar refractivity (Wildman–Crippen MR) is 73.8 cm³/mol. The van der Waals surface area contributed by atoms with E-state index in [1.165, 1.54) is 12.1 Å². The van der Waals surface area contributed by atoms with E-state index in [4.69, 9.17) is 0 Å². The van der Waals surface area contributed by atoms with Crippen LogP contribution < -0.4 is 10.6 Å². The van der Waals surface area contributed by atoms with Crippen LogP contribution in [0.1, 0.15) is 19.8 Å². The van der Waals surface area contributed by atoms with Gasteiger partial charge in [-0.25, -0.2) is 8.42 Å². The van der Waals surface area contributed by atoms with E-state index in [1.807, 2.05) is 0 Å². The van der Waals surface area contributed by atoms with Crippen molar-refractivity contribution in [1.29, 1.82) is 0 Å². The topological polar surface area (TPSA) is 75.3 Å². The summed E-state index contributed by atoms with van der Waals surface area (Å²) < 4.78 is 23.2. The molecule has 1 aromatic rings. The lowest BCUT2D eigenvalue weighted by atomic mass is 10.3. The van der Waals surface area contributed by atoms with E-state index in [2.05, 4.69) is 10.6 Å². The van der Waals surface area contributed by atoms with Crippen LogP contribution >= 0.6 is 0 Å². The van der Waals surface area contributed by atoms with Gasteiger partial charge in [-0.3, -0.25) is 4.79 Å². The highest BCUT2D eigenvalue weighted by atomic mass is 32.2.